The number of nitrogen functional groups attached to an aromatic ring is 1. The number of rotatable bonds is 4. The monoisotopic (exact) mass is 322 g/mol. The highest BCUT2D eigenvalue weighted by molar-refractivity contribution is 9.10. The summed E-state index contributed by atoms with van der Waals surface area (Å²) in [5.74, 6) is -0.202. The van der Waals surface area contributed by atoms with E-state index in [9.17, 15) is 4.39 Å². The third kappa shape index (κ3) is 4.04. The summed E-state index contributed by atoms with van der Waals surface area (Å²) in [6, 6.07) is 12.5. The third-order valence-corrected chi connectivity index (χ3v) is 3.60. The molecule has 2 rings (SSSR count). The van der Waals surface area contributed by atoms with Crippen molar-refractivity contribution in [1.29, 1.82) is 0 Å². The van der Waals surface area contributed by atoms with E-state index in [4.69, 9.17) is 5.73 Å². The topological polar surface area (TPSA) is 29.3 Å². The van der Waals surface area contributed by atoms with Crippen LogP contribution in [-0.2, 0) is 13.1 Å². The quantitative estimate of drug-likeness (QED) is 0.867. The highest BCUT2D eigenvalue weighted by atomic mass is 79.9. The highest BCUT2D eigenvalue weighted by Gasteiger charge is 2.04. The fourth-order valence-corrected chi connectivity index (χ4v) is 2.21. The predicted octanol–water partition coefficient (Wildman–Crippen LogP) is 3.80. The van der Waals surface area contributed by atoms with Gasteiger partial charge in [-0.3, -0.25) is 4.90 Å². The van der Waals surface area contributed by atoms with Gasteiger partial charge in [-0.05, 0) is 58.4 Å². The predicted molar refractivity (Wildman–Crippen MR) is 80.1 cm³/mol. The molecule has 2 aromatic rings. The molecule has 0 aliphatic rings. The second-order valence-corrected chi connectivity index (χ2v) is 5.51. The van der Waals surface area contributed by atoms with E-state index >= 15 is 0 Å². The standard InChI is InChI=1S/C15H16BrFN2/c1-19(9-11-2-5-13(17)6-3-11)10-12-4-7-14(16)15(18)8-12/h2-8H,9-10,18H2,1H3. The van der Waals surface area contributed by atoms with Gasteiger partial charge in [-0.15, -0.1) is 0 Å². The lowest BCUT2D eigenvalue weighted by Gasteiger charge is -2.17. The fraction of sp³-hybridized carbons (Fsp3) is 0.200. The largest absolute Gasteiger partial charge is 0.398 e. The van der Waals surface area contributed by atoms with Gasteiger partial charge in [-0.2, -0.15) is 0 Å². The van der Waals surface area contributed by atoms with E-state index in [-0.39, 0.29) is 5.82 Å². The molecule has 0 amide bonds. The first-order valence-corrected chi connectivity index (χ1v) is 6.81. The summed E-state index contributed by atoms with van der Waals surface area (Å²) in [7, 11) is 2.03. The third-order valence-electron chi connectivity index (χ3n) is 2.88. The van der Waals surface area contributed by atoms with E-state index in [1.807, 2.05) is 37.4 Å². The van der Waals surface area contributed by atoms with Gasteiger partial charge in [0.1, 0.15) is 5.82 Å². The van der Waals surface area contributed by atoms with Crippen molar-refractivity contribution < 1.29 is 4.39 Å². The lowest BCUT2D eigenvalue weighted by Crippen LogP contribution is -2.17. The summed E-state index contributed by atoms with van der Waals surface area (Å²) in [5.41, 5.74) is 8.85. The number of nitrogens with zero attached hydrogens (tertiary/aromatic N) is 1. The van der Waals surface area contributed by atoms with Gasteiger partial charge >= 0.3 is 0 Å². The number of anilines is 1. The van der Waals surface area contributed by atoms with Crippen molar-refractivity contribution in [2.45, 2.75) is 13.1 Å². The van der Waals surface area contributed by atoms with Crippen molar-refractivity contribution in [3.63, 3.8) is 0 Å². The van der Waals surface area contributed by atoms with Crippen LogP contribution in [0.15, 0.2) is 46.9 Å². The van der Waals surface area contributed by atoms with Crippen molar-refractivity contribution in [3.8, 4) is 0 Å². The minimum Gasteiger partial charge on any atom is -0.398 e. The van der Waals surface area contributed by atoms with E-state index in [2.05, 4.69) is 20.8 Å². The summed E-state index contributed by atoms with van der Waals surface area (Å²) in [6.07, 6.45) is 0. The van der Waals surface area contributed by atoms with Crippen LogP contribution in [-0.4, -0.2) is 11.9 Å². The van der Waals surface area contributed by atoms with Gasteiger partial charge < -0.3 is 5.73 Å². The van der Waals surface area contributed by atoms with Crippen LogP contribution in [0.1, 0.15) is 11.1 Å². The molecule has 0 aromatic heterocycles. The SMILES string of the molecule is CN(Cc1ccc(F)cc1)Cc1ccc(Br)c(N)c1. The molecule has 0 saturated heterocycles. The molecule has 0 spiro atoms. The highest BCUT2D eigenvalue weighted by Crippen LogP contribution is 2.21. The first kappa shape index (κ1) is 14.0. The van der Waals surface area contributed by atoms with Crippen LogP contribution >= 0.6 is 15.9 Å². The maximum Gasteiger partial charge on any atom is 0.123 e. The zero-order valence-electron chi connectivity index (χ0n) is 10.7. The molecule has 100 valence electrons. The number of hydrogen-bond donors (Lipinski definition) is 1. The molecule has 0 saturated carbocycles. The summed E-state index contributed by atoms with van der Waals surface area (Å²) < 4.78 is 13.7. The van der Waals surface area contributed by atoms with Crippen LogP contribution in [0.25, 0.3) is 0 Å². The molecular weight excluding hydrogens is 307 g/mol. The van der Waals surface area contributed by atoms with Crippen molar-refractivity contribution in [1.82, 2.24) is 4.90 Å². The molecule has 0 aliphatic heterocycles. The molecule has 2 nitrogen and oxygen atoms in total. The van der Waals surface area contributed by atoms with Gasteiger partial charge in [0.2, 0.25) is 0 Å². The lowest BCUT2D eigenvalue weighted by molar-refractivity contribution is 0.319. The Morgan fingerprint density at radius 3 is 2.26 bits per heavy atom. The summed E-state index contributed by atoms with van der Waals surface area (Å²) in [4.78, 5) is 2.16. The Hall–Kier alpha value is -1.39. The number of nitrogens with two attached hydrogens (primary N) is 1. The molecule has 0 bridgehead atoms. The summed E-state index contributed by atoms with van der Waals surface area (Å²) in [5, 5.41) is 0. The zero-order valence-corrected chi connectivity index (χ0v) is 12.3. The van der Waals surface area contributed by atoms with Crippen molar-refractivity contribution in [2.24, 2.45) is 0 Å². The first-order chi connectivity index (χ1) is 9.04. The molecule has 0 heterocycles. The molecule has 0 radical (unpaired) electrons. The van der Waals surface area contributed by atoms with Gasteiger partial charge in [0, 0.05) is 23.2 Å². The number of hydrogen-bond acceptors (Lipinski definition) is 2. The second-order valence-electron chi connectivity index (χ2n) is 4.65. The van der Waals surface area contributed by atoms with E-state index < -0.39 is 0 Å². The molecular formula is C15H16BrFN2. The van der Waals surface area contributed by atoms with Crippen LogP contribution in [0, 0.1) is 5.82 Å². The Morgan fingerprint density at radius 1 is 1.05 bits per heavy atom. The van der Waals surface area contributed by atoms with Crippen molar-refractivity contribution in [3.05, 3.63) is 63.9 Å². The fourth-order valence-electron chi connectivity index (χ4n) is 1.96. The van der Waals surface area contributed by atoms with Crippen molar-refractivity contribution in [2.75, 3.05) is 12.8 Å². The molecule has 0 atom stereocenters. The normalized spacial score (nSPS) is 10.9. The van der Waals surface area contributed by atoms with E-state index in [1.54, 1.807) is 0 Å². The molecule has 2 N–H and O–H groups in total. The van der Waals surface area contributed by atoms with E-state index in [0.717, 1.165) is 34.4 Å². The number of benzene rings is 2. The minimum atomic E-state index is -0.202. The molecule has 0 fully saturated rings. The second kappa shape index (κ2) is 6.17. The molecule has 19 heavy (non-hydrogen) atoms. The van der Waals surface area contributed by atoms with Crippen LogP contribution < -0.4 is 5.73 Å². The van der Waals surface area contributed by atoms with Crippen LogP contribution in [0.5, 0.6) is 0 Å². The Bertz CT molecular complexity index is 555. The summed E-state index contributed by atoms with van der Waals surface area (Å²) >= 11 is 3.38. The van der Waals surface area contributed by atoms with Crippen molar-refractivity contribution >= 4 is 21.6 Å². The smallest absolute Gasteiger partial charge is 0.123 e. The minimum absolute atomic E-state index is 0.202. The van der Waals surface area contributed by atoms with Crippen LogP contribution in [0.4, 0.5) is 10.1 Å². The average Bonchev–Trinajstić information content (AvgIpc) is 2.37. The molecule has 0 unspecified atom stereocenters. The first-order valence-electron chi connectivity index (χ1n) is 6.01. The van der Waals surface area contributed by atoms with Gasteiger partial charge in [0.25, 0.3) is 0 Å². The Balaban J connectivity index is 1.98. The Labute approximate surface area is 121 Å². The molecule has 2 aromatic carbocycles. The molecule has 4 heteroatoms. The summed E-state index contributed by atoms with van der Waals surface area (Å²) in [6.45, 7) is 1.57. The maximum atomic E-state index is 12.8. The van der Waals surface area contributed by atoms with Crippen LogP contribution in [0.3, 0.4) is 0 Å². The zero-order chi connectivity index (χ0) is 13.8. The van der Waals surface area contributed by atoms with Gasteiger partial charge in [-0.25, -0.2) is 4.39 Å². The van der Waals surface area contributed by atoms with E-state index in [0.29, 0.717) is 0 Å². The lowest BCUT2D eigenvalue weighted by atomic mass is 10.1. The van der Waals surface area contributed by atoms with Crippen LogP contribution in [0.2, 0.25) is 0 Å². The van der Waals surface area contributed by atoms with Gasteiger partial charge in [0.15, 0.2) is 0 Å². The van der Waals surface area contributed by atoms with Gasteiger partial charge in [0.05, 0.1) is 0 Å². The van der Waals surface area contributed by atoms with E-state index in [1.165, 1.54) is 12.1 Å². The Kier molecular flexibility index (Phi) is 4.56. The van der Waals surface area contributed by atoms with Gasteiger partial charge in [-0.1, -0.05) is 18.2 Å². The maximum absolute atomic E-state index is 12.8. The number of halogens is 2. The Morgan fingerprint density at radius 2 is 1.63 bits per heavy atom. The molecule has 0 aliphatic carbocycles. The average molecular weight is 323 g/mol.